The molecule has 2 aromatic rings. The predicted molar refractivity (Wildman–Crippen MR) is 109 cm³/mol. The number of amides is 1. The number of aromatic nitrogens is 1. The number of H-pyrrole nitrogens is 1. The summed E-state index contributed by atoms with van der Waals surface area (Å²) in [5, 5.41) is 0. The third-order valence-corrected chi connectivity index (χ3v) is 4.82. The van der Waals surface area contributed by atoms with Gasteiger partial charge < -0.3 is 19.4 Å². The summed E-state index contributed by atoms with van der Waals surface area (Å²) < 4.78 is 10.3. The van der Waals surface area contributed by atoms with E-state index in [-0.39, 0.29) is 30.0 Å². The molecule has 2 rings (SSSR count). The number of benzene rings is 1. The van der Waals surface area contributed by atoms with Crippen LogP contribution >= 0.6 is 0 Å². The smallest absolute Gasteiger partial charge is 0.354 e. The Morgan fingerprint density at radius 1 is 1.07 bits per heavy atom. The third-order valence-electron chi connectivity index (χ3n) is 4.82. The predicted octanol–water partition coefficient (Wildman–Crippen LogP) is 3.31. The van der Waals surface area contributed by atoms with Gasteiger partial charge in [-0.05, 0) is 52.3 Å². The zero-order chi connectivity index (χ0) is 21.7. The van der Waals surface area contributed by atoms with Crippen molar-refractivity contribution in [2.24, 2.45) is 0 Å². The Labute approximate surface area is 171 Å². The van der Waals surface area contributed by atoms with E-state index in [2.05, 4.69) is 4.98 Å². The summed E-state index contributed by atoms with van der Waals surface area (Å²) in [5.41, 5.74) is 1.73. The van der Waals surface area contributed by atoms with Crippen molar-refractivity contribution >= 4 is 17.7 Å². The second kappa shape index (κ2) is 9.41. The van der Waals surface area contributed by atoms with Crippen molar-refractivity contribution in [2.45, 2.75) is 46.7 Å². The van der Waals surface area contributed by atoms with Gasteiger partial charge in [-0.2, -0.15) is 0 Å². The minimum absolute atomic E-state index is 0.168. The van der Waals surface area contributed by atoms with Crippen molar-refractivity contribution in [2.75, 3.05) is 13.7 Å². The molecule has 156 valence electrons. The summed E-state index contributed by atoms with van der Waals surface area (Å²) in [6.45, 7) is 8.63. The number of aromatic amines is 1. The van der Waals surface area contributed by atoms with Crippen LogP contribution in [0.1, 0.15) is 52.9 Å². The molecule has 1 aromatic heterocycles. The highest BCUT2D eigenvalue weighted by Crippen LogP contribution is 2.23. The van der Waals surface area contributed by atoms with Crippen LogP contribution in [-0.4, -0.2) is 53.3 Å². The fraction of sp³-hybridized carbons (Fsp3) is 0.409. The van der Waals surface area contributed by atoms with Crippen LogP contribution in [0, 0.1) is 13.8 Å². The number of methoxy groups -OCH3 is 1. The van der Waals surface area contributed by atoms with Gasteiger partial charge in [-0.15, -0.1) is 0 Å². The lowest BCUT2D eigenvalue weighted by Gasteiger charge is -2.32. The van der Waals surface area contributed by atoms with Crippen LogP contribution in [0.25, 0.3) is 0 Å². The van der Waals surface area contributed by atoms with E-state index >= 15 is 0 Å². The van der Waals surface area contributed by atoms with E-state index < -0.39 is 12.0 Å². The molecule has 0 saturated heterocycles. The van der Waals surface area contributed by atoms with Crippen LogP contribution in [-0.2, 0) is 9.53 Å². The Bertz CT molecular complexity index is 886. The Morgan fingerprint density at radius 2 is 1.69 bits per heavy atom. The van der Waals surface area contributed by atoms with Crippen molar-refractivity contribution < 1.29 is 23.9 Å². The van der Waals surface area contributed by atoms with Gasteiger partial charge in [0.25, 0.3) is 5.91 Å². The Morgan fingerprint density at radius 3 is 2.24 bits per heavy atom. The first-order valence-electron chi connectivity index (χ1n) is 9.49. The maximum Gasteiger partial charge on any atom is 0.354 e. The topological polar surface area (TPSA) is 88.7 Å². The van der Waals surface area contributed by atoms with Crippen molar-refractivity contribution in [1.29, 1.82) is 0 Å². The van der Waals surface area contributed by atoms with Crippen molar-refractivity contribution in [1.82, 2.24) is 9.88 Å². The molecule has 7 heteroatoms. The van der Waals surface area contributed by atoms with E-state index in [1.165, 1.54) is 12.0 Å². The van der Waals surface area contributed by atoms with E-state index in [9.17, 15) is 14.4 Å². The third kappa shape index (κ3) is 4.85. The molecule has 1 aromatic carbocycles. The maximum atomic E-state index is 13.2. The van der Waals surface area contributed by atoms with Crippen LogP contribution in [0.2, 0.25) is 0 Å². The highest BCUT2D eigenvalue weighted by molar-refractivity contribution is 6.06. The summed E-state index contributed by atoms with van der Waals surface area (Å²) in [6, 6.07) is 8.11. The van der Waals surface area contributed by atoms with Crippen molar-refractivity contribution in [3.63, 3.8) is 0 Å². The molecule has 1 amide bonds. The normalized spacial score (nSPS) is 11.8. The highest BCUT2D eigenvalue weighted by atomic mass is 16.5. The average molecular weight is 400 g/mol. The van der Waals surface area contributed by atoms with Crippen molar-refractivity contribution in [3.05, 3.63) is 52.8 Å². The second-order valence-electron chi connectivity index (χ2n) is 7.15. The lowest BCUT2D eigenvalue weighted by Crippen LogP contribution is -2.49. The number of esters is 1. The Balaban J connectivity index is 2.23. The zero-order valence-electron chi connectivity index (χ0n) is 17.7. The number of Topliss-reactive ketones (excluding diaryl/α,β-unsaturated/α-hetero) is 1. The van der Waals surface area contributed by atoms with E-state index in [0.717, 1.165) is 0 Å². The number of ether oxygens (including phenoxy) is 2. The molecule has 0 saturated carbocycles. The molecule has 1 heterocycles. The summed E-state index contributed by atoms with van der Waals surface area (Å²) in [6.07, 6.45) is 0. The summed E-state index contributed by atoms with van der Waals surface area (Å²) in [4.78, 5) is 42.4. The SMILES string of the molecule is COC(=O)c1[nH]c(C)c(C(=O)C(C)N(C(=O)COc2ccccc2)C(C)C)c1C. The van der Waals surface area contributed by atoms with Crippen LogP contribution in [0.5, 0.6) is 5.75 Å². The first kappa shape index (κ1) is 22.2. The average Bonchev–Trinajstić information content (AvgIpc) is 2.99. The van der Waals surface area contributed by atoms with Crippen LogP contribution < -0.4 is 4.74 Å². The first-order valence-corrected chi connectivity index (χ1v) is 9.49. The fourth-order valence-electron chi connectivity index (χ4n) is 3.45. The molecular formula is C22H28N2O5. The molecule has 1 atom stereocenters. The number of para-hydroxylation sites is 1. The molecule has 0 aliphatic carbocycles. The molecule has 0 aliphatic rings. The highest BCUT2D eigenvalue weighted by Gasteiger charge is 2.32. The number of nitrogens with zero attached hydrogens (tertiary/aromatic N) is 1. The molecule has 0 fully saturated rings. The van der Waals surface area contributed by atoms with Crippen LogP contribution in [0.15, 0.2) is 30.3 Å². The van der Waals surface area contributed by atoms with Gasteiger partial charge in [0.1, 0.15) is 11.4 Å². The fourth-order valence-corrected chi connectivity index (χ4v) is 3.45. The van der Waals surface area contributed by atoms with Gasteiger partial charge >= 0.3 is 5.97 Å². The molecular weight excluding hydrogens is 372 g/mol. The van der Waals surface area contributed by atoms with E-state index in [1.54, 1.807) is 32.9 Å². The Hall–Kier alpha value is -3.09. The number of rotatable bonds is 8. The first-order chi connectivity index (χ1) is 13.7. The van der Waals surface area contributed by atoms with Gasteiger partial charge in [0, 0.05) is 17.3 Å². The molecule has 1 N–H and O–H groups in total. The lowest BCUT2D eigenvalue weighted by molar-refractivity contribution is -0.136. The second-order valence-corrected chi connectivity index (χ2v) is 7.15. The van der Waals surface area contributed by atoms with Gasteiger partial charge in [0.05, 0.1) is 13.2 Å². The standard InChI is InChI=1S/C22H28N2O5/c1-13(2)24(18(25)12-29-17-10-8-7-9-11-17)16(5)21(26)19-14(3)20(22(27)28-6)23-15(19)4/h7-11,13,16,23H,12H2,1-6H3. The molecule has 29 heavy (non-hydrogen) atoms. The number of nitrogens with one attached hydrogen (secondary N) is 1. The zero-order valence-corrected chi connectivity index (χ0v) is 17.7. The summed E-state index contributed by atoms with van der Waals surface area (Å²) in [7, 11) is 1.29. The Kier molecular flexibility index (Phi) is 7.20. The van der Waals surface area contributed by atoms with Gasteiger partial charge in [0.15, 0.2) is 12.4 Å². The molecule has 7 nitrogen and oxygen atoms in total. The molecule has 0 spiro atoms. The number of hydrogen-bond acceptors (Lipinski definition) is 5. The summed E-state index contributed by atoms with van der Waals surface area (Å²) in [5.74, 6) is -0.481. The quantitative estimate of drug-likeness (QED) is 0.542. The van der Waals surface area contributed by atoms with Gasteiger partial charge in [0.2, 0.25) is 0 Å². The summed E-state index contributed by atoms with van der Waals surface area (Å²) >= 11 is 0. The van der Waals surface area contributed by atoms with E-state index in [1.807, 2.05) is 32.0 Å². The minimum Gasteiger partial charge on any atom is -0.484 e. The van der Waals surface area contributed by atoms with E-state index in [0.29, 0.717) is 22.6 Å². The molecule has 0 bridgehead atoms. The monoisotopic (exact) mass is 400 g/mol. The number of ketones is 1. The molecule has 1 unspecified atom stereocenters. The number of aryl methyl sites for hydroxylation is 1. The maximum absolute atomic E-state index is 13.2. The van der Waals surface area contributed by atoms with Gasteiger partial charge in [-0.25, -0.2) is 4.79 Å². The van der Waals surface area contributed by atoms with E-state index in [4.69, 9.17) is 9.47 Å². The molecule has 0 aliphatic heterocycles. The number of carbonyl (C=O) groups excluding carboxylic acids is 3. The van der Waals surface area contributed by atoms with Crippen molar-refractivity contribution in [3.8, 4) is 5.75 Å². The molecule has 0 radical (unpaired) electrons. The largest absolute Gasteiger partial charge is 0.484 e. The van der Waals surface area contributed by atoms with Gasteiger partial charge in [-0.1, -0.05) is 18.2 Å². The van der Waals surface area contributed by atoms with Gasteiger partial charge in [-0.3, -0.25) is 9.59 Å². The number of hydrogen-bond donors (Lipinski definition) is 1. The van der Waals surface area contributed by atoms with Crippen LogP contribution in [0.4, 0.5) is 0 Å². The number of carbonyl (C=O) groups is 3. The van der Waals surface area contributed by atoms with Crippen LogP contribution in [0.3, 0.4) is 0 Å². The minimum atomic E-state index is -0.722. The lowest BCUT2D eigenvalue weighted by atomic mass is 9.99.